The van der Waals surface area contributed by atoms with E-state index in [-0.39, 0.29) is 38.8 Å². The summed E-state index contributed by atoms with van der Waals surface area (Å²) < 4.78 is 0. The minimum Gasteiger partial charge on any atom is -0.508 e. The summed E-state index contributed by atoms with van der Waals surface area (Å²) in [6, 6.07) is 4.54. The van der Waals surface area contributed by atoms with Gasteiger partial charge in [0.2, 0.25) is 0 Å². The third-order valence-electron chi connectivity index (χ3n) is 3.16. The van der Waals surface area contributed by atoms with Crippen molar-refractivity contribution in [1.29, 1.82) is 0 Å². The lowest BCUT2D eigenvalue weighted by atomic mass is 9.83. The molecule has 0 atom stereocenters. The second-order valence-electron chi connectivity index (χ2n) is 4.36. The number of halogens is 1. The molecule has 3 rings (SSSR count). The predicted molar refractivity (Wildman–Crippen MR) is 69.8 cm³/mol. The summed E-state index contributed by atoms with van der Waals surface area (Å²) in [6.45, 7) is 0. The van der Waals surface area contributed by atoms with E-state index < -0.39 is 17.3 Å². The zero-order valence-corrected chi connectivity index (χ0v) is 10.6. The Labute approximate surface area is 117 Å². The number of rotatable bonds is 0. The van der Waals surface area contributed by atoms with Crippen LogP contribution in [0.4, 0.5) is 0 Å². The van der Waals surface area contributed by atoms with E-state index in [0.717, 1.165) is 12.1 Å². The Hall–Kier alpha value is -2.53. The van der Waals surface area contributed by atoms with Crippen LogP contribution in [-0.2, 0) is 0 Å². The minimum absolute atomic E-state index is 0.00859. The fourth-order valence-electron chi connectivity index (χ4n) is 2.31. The molecule has 0 aromatic heterocycles. The van der Waals surface area contributed by atoms with Crippen molar-refractivity contribution < 1.29 is 24.9 Å². The lowest BCUT2D eigenvalue weighted by Crippen LogP contribution is -2.21. The van der Waals surface area contributed by atoms with Crippen LogP contribution in [-0.4, -0.2) is 26.9 Å². The number of hydrogen-bond donors (Lipinski definition) is 3. The summed E-state index contributed by atoms with van der Waals surface area (Å²) >= 11 is 5.91. The third-order valence-corrected chi connectivity index (χ3v) is 3.48. The van der Waals surface area contributed by atoms with Crippen molar-refractivity contribution in [3.63, 3.8) is 0 Å². The summed E-state index contributed by atoms with van der Waals surface area (Å²) in [5.41, 5.74) is -0.768. The van der Waals surface area contributed by atoms with Gasteiger partial charge in [-0.05, 0) is 18.2 Å². The molecule has 1 aliphatic carbocycles. The molecule has 1 aliphatic rings. The van der Waals surface area contributed by atoms with E-state index in [1.165, 1.54) is 12.1 Å². The van der Waals surface area contributed by atoms with Crippen LogP contribution in [0, 0.1) is 0 Å². The summed E-state index contributed by atoms with van der Waals surface area (Å²) in [7, 11) is 0. The van der Waals surface area contributed by atoms with Crippen LogP contribution in [0.15, 0.2) is 24.3 Å². The highest BCUT2D eigenvalue weighted by atomic mass is 35.5. The molecular formula is C14H7ClO5. The molecule has 2 aromatic carbocycles. The standard InChI is InChI=1S/C14H7ClO5/c15-7-1-2-8(17)12-11(7)14(20)10-6(13(12)19)3-5(16)4-9(10)18/h1-4,16-18H. The van der Waals surface area contributed by atoms with Crippen LogP contribution in [0.5, 0.6) is 17.2 Å². The normalized spacial score (nSPS) is 13.1. The molecule has 0 heterocycles. The van der Waals surface area contributed by atoms with Gasteiger partial charge in [-0.15, -0.1) is 0 Å². The van der Waals surface area contributed by atoms with Crippen LogP contribution in [0.1, 0.15) is 31.8 Å². The van der Waals surface area contributed by atoms with Crippen molar-refractivity contribution in [2.24, 2.45) is 0 Å². The quantitative estimate of drug-likeness (QED) is 0.590. The Kier molecular flexibility index (Phi) is 2.49. The van der Waals surface area contributed by atoms with E-state index in [4.69, 9.17) is 11.6 Å². The Balaban J connectivity index is 2.43. The maximum absolute atomic E-state index is 12.4. The number of carbonyl (C=O) groups is 2. The maximum atomic E-state index is 12.4. The number of ketones is 2. The summed E-state index contributed by atoms with van der Waals surface area (Å²) in [4.78, 5) is 24.7. The van der Waals surface area contributed by atoms with Crippen molar-refractivity contribution in [2.75, 3.05) is 0 Å². The molecule has 0 bridgehead atoms. The van der Waals surface area contributed by atoms with E-state index in [9.17, 15) is 24.9 Å². The minimum atomic E-state index is -0.680. The second-order valence-corrected chi connectivity index (χ2v) is 4.77. The Morgan fingerprint density at radius 2 is 1.50 bits per heavy atom. The van der Waals surface area contributed by atoms with Crippen molar-refractivity contribution in [3.05, 3.63) is 51.5 Å². The van der Waals surface area contributed by atoms with Crippen LogP contribution in [0.2, 0.25) is 5.02 Å². The molecule has 5 nitrogen and oxygen atoms in total. The molecule has 0 unspecified atom stereocenters. The number of hydrogen-bond acceptors (Lipinski definition) is 5. The van der Waals surface area contributed by atoms with Gasteiger partial charge in [-0.1, -0.05) is 11.6 Å². The van der Waals surface area contributed by atoms with E-state index in [0.29, 0.717) is 0 Å². The average molecular weight is 291 g/mol. The average Bonchev–Trinajstić information content (AvgIpc) is 2.37. The van der Waals surface area contributed by atoms with Crippen LogP contribution in [0.25, 0.3) is 0 Å². The second kappa shape index (κ2) is 3.98. The first-order valence-electron chi connectivity index (χ1n) is 5.58. The molecule has 0 saturated heterocycles. The SMILES string of the molecule is O=C1c2cc(O)cc(O)c2C(=O)c2c(Cl)ccc(O)c21. The molecule has 0 radical (unpaired) electrons. The van der Waals surface area contributed by atoms with Gasteiger partial charge in [0.15, 0.2) is 11.6 Å². The molecule has 0 saturated carbocycles. The van der Waals surface area contributed by atoms with Gasteiger partial charge in [0, 0.05) is 11.6 Å². The van der Waals surface area contributed by atoms with Gasteiger partial charge in [0.25, 0.3) is 0 Å². The number of fused-ring (bicyclic) bond motifs is 2. The van der Waals surface area contributed by atoms with Gasteiger partial charge in [-0.3, -0.25) is 9.59 Å². The molecule has 6 heteroatoms. The first kappa shape index (κ1) is 12.5. The van der Waals surface area contributed by atoms with E-state index in [1.54, 1.807) is 0 Å². The lowest BCUT2D eigenvalue weighted by molar-refractivity contribution is 0.0974. The highest BCUT2D eigenvalue weighted by molar-refractivity contribution is 6.39. The molecule has 0 aliphatic heterocycles. The van der Waals surface area contributed by atoms with Crippen LogP contribution >= 0.6 is 11.6 Å². The molecular weight excluding hydrogens is 284 g/mol. The predicted octanol–water partition coefficient (Wildman–Crippen LogP) is 2.23. The van der Waals surface area contributed by atoms with Crippen LogP contribution < -0.4 is 0 Å². The number of phenols is 3. The van der Waals surface area contributed by atoms with Gasteiger partial charge < -0.3 is 15.3 Å². The molecule has 0 spiro atoms. The van der Waals surface area contributed by atoms with Crippen molar-refractivity contribution >= 4 is 23.2 Å². The van der Waals surface area contributed by atoms with Crippen molar-refractivity contribution in [3.8, 4) is 17.2 Å². The molecule has 2 aromatic rings. The maximum Gasteiger partial charge on any atom is 0.199 e. The summed E-state index contributed by atoms with van der Waals surface area (Å²) in [5, 5.41) is 29.0. The smallest absolute Gasteiger partial charge is 0.199 e. The zero-order chi connectivity index (χ0) is 14.6. The highest BCUT2D eigenvalue weighted by Gasteiger charge is 2.36. The third kappa shape index (κ3) is 1.50. The fraction of sp³-hybridized carbons (Fsp3) is 0. The van der Waals surface area contributed by atoms with Crippen LogP contribution in [0.3, 0.4) is 0 Å². The van der Waals surface area contributed by atoms with E-state index in [2.05, 4.69) is 0 Å². The summed E-state index contributed by atoms with van der Waals surface area (Å²) in [6.07, 6.45) is 0. The largest absolute Gasteiger partial charge is 0.508 e. The number of carbonyl (C=O) groups excluding carboxylic acids is 2. The van der Waals surface area contributed by atoms with Gasteiger partial charge in [0.05, 0.1) is 21.7 Å². The Bertz CT molecular complexity index is 795. The first-order valence-corrected chi connectivity index (χ1v) is 5.96. The Morgan fingerprint density at radius 3 is 2.20 bits per heavy atom. The van der Waals surface area contributed by atoms with E-state index >= 15 is 0 Å². The molecule has 100 valence electrons. The number of benzene rings is 2. The molecule has 20 heavy (non-hydrogen) atoms. The topological polar surface area (TPSA) is 94.8 Å². The van der Waals surface area contributed by atoms with Crippen molar-refractivity contribution in [2.45, 2.75) is 0 Å². The van der Waals surface area contributed by atoms with Gasteiger partial charge in [-0.2, -0.15) is 0 Å². The highest BCUT2D eigenvalue weighted by Crippen LogP contribution is 2.40. The molecule has 0 fully saturated rings. The summed E-state index contributed by atoms with van der Waals surface area (Å²) in [5.74, 6) is -2.60. The fourth-order valence-corrected chi connectivity index (χ4v) is 2.55. The van der Waals surface area contributed by atoms with Crippen molar-refractivity contribution in [1.82, 2.24) is 0 Å². The van der Waals surface area contributed by atoms with Gasteiger partial charge in [-0.25, -0.2) is 0 Å². The Morgan fingerprint density at radius 1 is 0.800 bits per heavy atom. The lowest BCUT2D eigenvalue weighted by Gasteiger charge is -2.20. The number of phenolic OH excluding ortho intramolecular Hbond substituents is 3. The monoisotopic (exact) mass is 290 g/mol. The first-order chi connectivity index (χ1) is 9.41. The zero-order valence-electron chi connectivity index (χ0n) is 9.85. The molecule has 3 N–H and O–H groups in total. The van der Waals surface area contributed by atoms with Gasteiger partial charge >= 0.3 is 0 Å². The van der Waals surface area contributed by atoms with E-state index in [1.807, 2.05) is 0 Å². The van der Waals surface area contributed by atoms with Gasteiger partial charge in [0.1, 0.15) is 17.2 Å². The number of aromatic hydroxyl groups is 3. The molecule has 0 amide bonds.